The third-order valence-electron chi connectivity index (χ3n) is 4.77. The van der Waals surface area contributed by atoms with Crippen molar-refractivity contribution in [1.82, 2.24) is 25.4 Å². The molecule has 0 spiro atoms. The Morgan fingerprint density at radius 1 is 1.09 bits per heavy atom. The van der Waals surface area contributed by atoms with Crippen molar-refractivity contribution < 1.29 is 22.5 Å². The molecule has 0 atom stereocenters. The number of benzene rings is 1. The molecule has 4 aromatic rings. The quantitative estimate of drug-likeness (QED) is 0.424. The molecule has 1 N–H and O–H groups in total. The lowest BCUT2D eigenvalue weighted by Gasteiger charge is -2.22. The molecule has 0 saturated heterocycles. The van der Waals surface area contributed by atoms with E-state index in [1.807, 2.05) is 49.6 Å². The Morgan fingerprint density at radius 2 is 1.85 bits per heavy atom. The smallest absolute Gasteiger partial charge is 0.351 e. The van der Waals surface area contributed by atoms with Gasteiger partial charge in [-0.25, -0.2) is 4.98 Å². The highest BCUT2D eigenvalue weighted by atomic mass is 32.1. The van der Waals surface area contributed by atoms with Crippen molar-refractivity contribution in [2.45, 2.75) is 25.4 Å². The van der Waals surface area contributed by atoms with Crippen molar-refractivity contribution in [2.75, 3.05) is 6.54 Å². The summed E-state index contributed by atoms with van der Waals surface area (Å²) in [6.07, 6.45) is -2.19. The molecule has 170 valence electrons. The van der Waals surface area contributed by atoms with Gasteiger partial charge in [0, 0.05) is 40.9 Å². The number of pyridine rings is 1. The zero-order chi connectivity index (χ0) is 23.6. The average molecular weight is 473 g/mol. The molecule has 1 aromatic carbocycles. The van der Waals surface area contributed by atoms with Crippen LogP contribution in [0.2, 0.25) is 0 Å². The molecule has 0 unspecified atom stereocenters. The molecule has 0 saturated carbocycles. The SMILES string of the molecule is CC(C)(CNC(=O)c1cncc(-c2noc(C(F)(F)F)n2)c1)c1nc(-c2ccccc2)cs1. The second-order valence-corrected chi connectivity index (χ2v) is 8.71. The van der Waals surface area contributed by atoms with E-state index in [4.69, 9.17) is 4.98 Å². The molecule has 1 amide bonds. The maximum atomic E-state index is 12.7. The number of thiazole rings is 1. The number of carbonyl (C=O) groups excluding carboxylic acids is 1. The first kappa shape index (κ1) is 22.6. The molecule has 3 aromatic heterocycles. The van der Waals surface area contributed by atoms with Gasteiger partial charge >= 0.3 is 12.1 Å². The van der Waals surface area contributed by atoms with Crippen LogP contribution < -0.4 is 5.32 Å². The van der Waals surface area contributed by atoms with Crippen molar-refractivity contribution in [3.63, 3.8) is 0 Å². The lowest BCUT2D eigenvalue weighted by molar-refractivity contribution is -0.159. The van der Waals surface area contributed by atoms with E-state index in [9.17, 15) is 18.0 Å². The Bertz CT molecular complexity index is 1270. The van der Waals surface area contributed by atoms with E-state index in [2.05, 4.69) is 25.0 Å². The summed E-state index contributed by atoms with van der Waals surface area (Å²) in [4.78, 5) is 24.6. The fraction of sp³-hybridized carbons (Fsp3) is 0.227. The summed E-state index contributed by atoms with van der Waals surface area (Å²) < 4.78 is 42.3. The number of rotatable bonds is 6. The van der Waals surface area contributed by atoms with Crippen LogP contribution in [0.1, 0.15) is 35.1 Å². The highest BCUT2D eigenvalue weighted by molar-refractivity contribution is 7.10. The maximum Gasteiger partial charge on any atom is 0.471 e. The van der Waals surface area contributed by atoms with Gasteiger partial charge in [0.25, 0.3) is 5.91 Å². The van der Waals surface area contributed by atoms with Crippen LogP contribution in [0.3, 0.4) is 0 Å². The first-order chi connectivity index (χ1) is 15.6. The number of hydrogen-bond acceptors (Lipinski definition) is 7. The summed E-state index contributed by atoms with van der Waals surface area (Å²) in [5, 5.41) is 8.99. The van der Waals surface area contributed by atoms with E-state index < -0.39 is 23.4 Å². The van der Waals surface area contributed by atoms with E-state index in [-0.39, 0.29) is 23.5 Å². The van der Waals surface area contributed by atoms with Gasteiger partial charge in [-0.15, -0.1) is 11.3 Å². The van der Waals surface area contributed by atoms with Gasteiger partial charge in [-0.05, 0) is 6.07 Å². The molecule has 0 aliphatic heterocycles. The monoisotopic (exact) mass is 473 g/mol. The van der Waals surface area contributed by atoms with E-state index in [1.165, 1.54) is 29.8 Å². The lowest BCUT2D eigenvalue weighted by Crippen LogP contribution is -2.36. The topological polar surface area (TPSA) is 93.8 Å². The number of nitrogens with one attached hydrogen (secondary N) is 1. The molecular formula is C22H18F3N5O2S. The number of alkyl halides is 3. The fourth-order valence-electron chi connectivity index (χ4n) is 2.95. The Morgan fingerprint density at radius 3 is 2.55 bits per heavy atom. The summed E-state index contributed by atoms with van der Waals surface area (Å²) >= 11 is 1.51. The highest BCUT2D eigenvalue weighted by Crippen LogP contribution is 2.31. The van der Waals surface area contributed by atoms with Gasteiger partial charge in [-0.2, -0.15) is 18.2 Å². The predicted octanol–water partition coefficient (Wildman–Crippen LogP) is 4.98. The molecule has 4 rings (SSSR count). The molecule has 0 aliphatic rings. The normalized spacial score (nSPS) is 12.0. The van der Waals surface area contributed by atoms with Crippen molar-refractivity contribution in [2.24, 2.45) is 0 Å². The van der Waals surface area contributed by atoms with E-state index in [1.54, 1.807) is 0 Å². The molecule has 11 heteroatoms. The maximum absolute atomic E-state index is 12.7. The number of carbonyl (C=O) groups is 1. The van der Waals surface area contributed by atoms with Gasteiger partial charge in [0.15, 0.2) is 0 Å². The summed E-state index contributed by atoms with van der Waals surface area (Å²) in [6.45, 7) is 4.22. The Kier molecular flexibility index (Phi) is 5.98. The number of amides is 1. The van der Waals surface area contributed by atoms with Crippen LogP contribution in [-0.2, 0) is 11.6 Å². The molecule has 0 fully saturated rings. The molecule has 7 nitrogen and oxygen atoms in total. The molecule has 3 heterocycles. The number of aromatic nitrogens is 4. The van der Waals surface area contributed by atoms with Crippen LogP contribution in [0.5, 0.6) is 0 Å². The van der Waals surface area contributed by atoms with Crippen LogP contribution in [0, 0.1) is 0 Å². The summed E-state index contributed by atoms with van der Waals surface area (Å²) in [5.74, 6) is -2.20. The zero-order valence-electron chi connectivity index (χ0n) is 17.6. The average Bonchev–Trinajstić information content (AvgIpc) is 3.49. The van der Waals surface area contributed by atoms with Crippen LogP contribution in [0.25, 0.3) is 22.6 Å². The van der Waals surface area contributed by atoms with Crippen molar-refractivity contribution in [3.05, 3.63) is 70.6 Å². The number of nitrogens with zero attached hydrogens (tertiary/aromatic N) is 4. The van der Waals surface area contributed by atoms with E-state index in [0.29, 0.717) is 0 Å². The van der Waals surface area contributed by atoms with E-state index >= 15 is 0 Å². The minimum atomic E-state index is -4.75. The molecule has 33 heavy (non-hydrogen) atoms. The van der Waals surface area contributed by atoms with Gasteiger partial charge < -0.3 is 9.84 Å². The van der Waals surface area contributed by atoms with Crippen LogP contribution in [0.15, 0.2) is 58.7 Å². The predicted molar refractivity (Wildman–Crippen MR) is 115 cm³/mol. The third-order valence-corrected chi connectivity index (χ3v) is 5.98. The standard InChI is InChI=1S/C22H18F3N5O2S/c1-21(2,20-28-16(11-33-20)13-6-4-3-5-7-13)12-27-18(31)15-8-14(9-26-10-15)17-29-19(32-30-17)22(23,24)25/h3-11H,12H2,1-2H3,(H,27,31). The van der Waals surface area contributed by atoms with Crippen molar-refractivity contribution >= 4 is 17.2 Å². The Hall–Kier alpha value is -3.60. The zero-order valence-corrected chi connectivity index (χ0v) is 18.4. The Labute approximate surface area is 190 Å². The first-order valence-electron chi connectivity index (χ1n) is 9.79. The fourth-order valence-corrected chi connectivity index (χ4v) is 3.90. The molecule has 0 radical (unpaired) electrons. The van der Waals surface area contributed by atoms with E-state index in [0.717, 1.165) is 16.3 Å². The van der Waals surface area contributed by atoms with Gasteiger partial charge in [0.1, 0.15) is 5.01 Å². The second-order valence-electron chi connectivity index (χ2n) is 7.85. The van der Waals surface area contributed by atoms with Crippen LogP contribution >= 0.6 is 11.3 Å². The minimum absolute atomic E-state index is 0.133. The summed E-state index contributed by atoms with van der Waals surface area (Å²) in [6, 6.07) is 11.1. The highest BCUT2D eigenvalue weighted by Gasteiger charge is 2.38. The summed E-state index contributed by atoms with van der Waals surface area (Å²) in [5.41, 5.74) is 1.72. The molecular weight excluding hydrogens is 455 g/mol. The Balaban J connectivity index is 1.45. The lowest BCUT2D eigenvalue weighted by atomic mass is 9.94. The number of halogens is 3. The van der Waals surface area contributed by atoms with Gasteiger partial charge in [-0.1, -0.05) is 49.3 Å². The van der Waals surface area contributed by atoms with Gasteiger partial charge in [0.2, 0.25) is 5.82 Å². The second kappa shape index (κ2) is 8.74. The van der Waals surface area contributed by atoms with Crippen LogP contribution in [-0.4, -0.2) is 32.6 Å². The van der Waals surface area contributed by atoms with Crippen molar-refractivity contribution in [1.29, 1.82) is 0 Å². The molecule has 0 aliphatic carbocycles. The van der Waals surface area contributed by atoms with Crippen molar-refractivity contribution in [3.8, 4) is 22.6 Å². The largest absolute Gasteiger partial charge is 0.471 e. The van der Waals surface area contributed by atoms with Gasteiger partial charge in [-0.3, -0.25) is 9.78 Å². The van der Waals surface area contributed by atoms with Gasteiger partial charge in [0.05, 0.1) is 11.3 Å². The number of hydrogen-bond donors (Lipinski definition) is 1. The minimum Gasteiger partial charge on any atom is -0.351 e. The molecule has 0 bridgehead atoms. The first-order valence-corrected chi connectivity index (χ1v) is 10.7. The summed E-state index contributed by atoms with van der Waals surface area (Å²) in [7, 11) is 0. The third kappa shape index (κ3) is 5.08. The van der Waals surface area contributed by atoms with Crippen LogP contribution in [0.4, 0.5) is 13.2 Å².